The summed E-state index contributed by atoms with van der Waals surface area (Å²) in [4.78, 5) is 0. The number of hydrogen-bond donors (Lipinski definition) is 2. The largest absolute Gasteiger partial charge is 0.507 e. The molecule has 112 valence electrons. The van der Waals surface area contributed by atoms with Crippen LogP contribution in [0.4, 0.5) is 0 Å². The summed E-state index contributed by atoms with van der Waals surface area (Å²) in [6, 6.07) is 3.00. The van der Waals surface area contributed by atoms with Gasteiger partial charge in [-0.3, -0.25) is 0 Å². The molecule has 3 nitrogen and oxygen atoms in total. The Morgan fingerprint density at radius 3 is 1.38 bits per heavy atom. The lowest BCUT2D eigenvalue weighted by Crippen LogP contribution is -1.92. The monoisotopic (exact) mass is 542 g/mol. The van der Waals surface area contributed by atoms with Crippen LogP contribution in [0.5, 0.6) is 23.0 Å². The zero-order valence-corrected chi connectivity index (χ0v) is 17.3. The molecule has 2 rings (SSSR count). The number of halogens is 4. The van der Waals surface area contributed by atoms with Crippen molar-refractivity contribution in [2.24, 2.45) is 0 Å². The molecule has 0 unspecified atom stereocenters. The fourth-order valence-corrected chi connectivity index (χ4v) is 3.66. The number of aromatic hydroxyl groups is 2. The average Bonchev–Trinajstić information content (AvgIpc) is 2.45. The minimum atomic E-state index is 0.0832. The van der Waals surface area contributed by atoms with Gasteiger partial charge in [-0.1, -0.05) is 0 Å². The predicted octanol–water partition coefficient (Wildman–Crippen LogP) is 6.56. The summed E-state index contributed by atoms with van der Waals surface area (Å²) in [5.41, 5.74) is 1.64. The average molecular weight is 546 g/mol. The molecule has 0 heterocycles. The molecule has 0 fully saturated rings. The van der Waals surface area contributed by atoms with E-state index in [1.165, 1.54) is 12.1 Å². The molecular formula is C14H10Br4O3. The van der Waals surface area contributed by atoms with E-state index >= 15 is 0 Å². The fourth-order valence-electron chi connectivity index (χ4n) is 1.72. The molecule has 0 aliphatic rings. The van der Waals surface area contributed by atoms with Gasteiger partial charge in [0.25, 0.3) is 0 Å². The number of ether oxygens (including phenoxy) is 1. The van der Waals surface area contributed by atoms with Gasteiger partial charge in [-0.2, -0.15) is 0 Å². The molecular weight excluding hydrogens is 536 g/mol. The smallest absolute Gasteiger partial charge is 0.145 e. The van der Waals surface area contributed by atoms with Crippen molar-refractivity contribution in [2.75, 3.05) is 0 Å². The van der Waals surface area contributed by atoms with Gasteiger partial charge in [0.15, 0.2) is 0 Å². The van der Waals surface area contributed by atoms with E-state index in [1.54, 1.807) is 0 Å². The van der Waals surface area contributed by atoms with E-state index in [9.17, 15) is 10.2 Å². The molecule has 0 aliphatic heterocycles. The molecule has 0 radical (unpaired) electrons. The summed E-state index contributed by atoms with van der Waals surface area (Å²) in [5.74, 6) is 1.07. The second-order valence-corrected chi connectivity index (χ2v) is 7.57. The summed E-state index contributed by atoms with van der Waals surface area (Å²) >= 11 is 13.5. The van der Waals surface area contributed by atoms with E-state index in [2.05, 4.69) is 63.7 Å². The molecule has 0 spiro atoms. The molecule has 0 amide bonds. The van der Waals surface area contributed by atoms with Gasteiger partial charge in [-0.15, -0.1) is 0 Å². The molecule has 21 heavy (non-hydrogen) atoms. The van der Waals surface area contributed by atoms with Gasteiger partial charge in [0.2, 0.25) is 0 Å². The summed E-state index contributed by atoms with van der Waals surface area (Å²) < 4.78 is 8.47. The maximum absolute atomic E-state index is 9.89. The van der Waals surface area contributed by atoms with Crippen LogP contribution in [-0.4, -0.2) is 10.2 Å². The van der Waals surface area contributed by atoms with Gasteiger partial charge in [0.05, 0.1) is 17.9 Å². The Labute approximate surface area is 155 Å². The van der Waals surface area contributed by atoms with E-state index in [-0.39, 0.29) is 11.5 Å². The Morgan fingerprint density at radius 2 is 1.05 bits per heavy atom. The minimum absolute atomic E-state index is 0.0832. The molecule has 0 bridgehead atoms. The van der Waals surface area contributed by atoms with Crippen molar-refractivity contribution in [1.82, 2.24) is 0 Å². The maximum atomic E-state index is 9.89. The van der Waals surface area contributed by atoms with Gasteiger partial charge < -0.3 is 14.9 Å². The van der Waals surface area contributed by atoms with Gasteiger partial charge in [-0.25, -0.2) is 0 Å². The fraction of sp³-hybridized carbons (Fsp3) is 0.143. The Balaban J connectivity index is 2.54. The molecule has 0 saturated carbocycles. The predicted molar refractivity (Wildman–Crippen MR) is 96.6 cm³/mol. The molecule has 2 aromatic carbocycles. The minimum Gasteiger partial charge on any atom is -0.507 e. The molecule has 0 aromatic heterocycles. The van der Waals surface area contributed by atoms with Gasteiger partial charge >= 0.3 is 0 Å². The SMILES string of the molecule is Cc1c(Br)c(O)cc(Oc2cc(O)c(Br)c(C)c2Br)c1Br. The molecule has 7 heteroatoms. The van der Waals surface area contributed by atoms with Crippen molar-refractivity contribution in [3.63, 3.8) is 0 Å². The highest BCUT2D eigenvalue weighted by Gasteiger charge is 2.17. The molecule has 0 aliphatic carbocycles. The first-order chi connectivity index (χ1) is 9.73. The van der Waals surface area contributed by atoms with Crippen LogP contribution < -0.4 is 4.74 Å². The Morgan fingerprint density at radius 1 is 0.714 bits per heavy atom. The van der Waals surface area contributed by atoms with Crippen LogP contribution in [0.2, 0.25) is 0 Å². The Kier molecular flexibility index (Phi) is 5.28. The van der Waals surface area contributed by atoms with Crippen LogP contribution in [0.15, 0.2) is 30.0 Å². The zero-order chi connectivity index (χ0) is 15.9. The lowest BCUT2D eigenvalue weighted by Gasteiger charge is -2.15. The van der Waals surface area contributed by atoms with Gasteiger partial charge in [0, 0.05) is 12.1 Å². The third kappa shape index (κ3) is 3.25. The van der Waals surface area contributed by atoms with Crippen molar-refractivity contribution in [3.05, 3.63) is 41.2 Å². The number of rotatable bonds is 2. The number of phenolic OH excluding ortho intramolecular Hbond substituents is 2. The van der Waals surface area contributed by atoms with E-state index in [4.69, 9.17) is 4.74 Å². The highest BCUT2D eigenvalue weighted by Crippen LogP contribution is 2.45. The van der Waals surface area contributed by atoms with E-state index < -0.39 is 0 Å². The van der Waals surface area contributed by atoms with Crippen LogP contribution in [0.25, 0.3) is 0 Å². The highest BCUT2D eigenvalue weighted by molar-refractivity contribution is 9.11. The maximum Gasteiger partial charge on any atom is 0.145 e. The third-order valence-electron chi connectivity index (χ3n) is 2.95. The quantitative estimate of drug-likeness (QED) is 0.450. The Bertz CT molecular complexity index is 668. The van der Waals surface area contributed by atoms with Crippen LogP contribution >= 0.6 is 63.7 Å². The number of phenols is 2. The summed E-state index contributed by atoms with van der Waals surface area (Å²) in [5, 5.41) is 19.8. The van der Waals surface area contributed by atoms with E-state index in [1.807, 2.05) is 13.8 Å². The topological polar surface area (TPSA) is 49.7 Å². The highest BCUT2D eigenvalue weighted by atomic mass is 79.9. The first-order valence-corrected chi connectivity index (χ1v) is 8.94. The lowest BCUT2D eigenvalue weighted by atomic mass is 10.2. The first-order valence-electron chi connectivity index (χ1n) is 5.77. The molecule has 0 saturated heterocycles. The molecule has 0 atom stereocenters. The van der Waals surface area contributed by atoms with Crippen LogP contribution in [0.1, 0.15) is 11.1 Å². The first kappa shape index (κ1) is 17.1. The lowest BCUT2D eigenvalue weighted by molar-refractivity contribution is 0.439. The van der Waals surface area contributed by atoms with Crippen molar-refractivity contribution in [1.29, 1.82) is 0 Å². The summed E-state index contributed by atoms with van der Waals surface area (Å²) in [6.45, 7) is 3.69. The van der Waals surface area contributed by atoms with Gasteiger partial charge in [0.1, 0.15) is 23.0 Å². The van der Waals surface area contributed by atoms with Gasteiger partial charge in [-0.05, 0) is 88.7 Å². The molecule has 2 aromatic rings. The van der Waals surface area contributed by atoms with Crippen molar-refractivity contribution in [2.45, 2.75) is 13.8 Å². The Hall–Kier alpha value is -0.240. The summed E-state index contributed by atoms with van der Waals surface area (Å²) in [6.07, 6.45) is 0. The van der Waals surface area contributed by atoms with Crippen LogP contribution in [-0.2, 0) is 0 Å². The number of benzene rings is 2. The molecule has 2 N–H and O–H groups in total. The van der Waals surface area contributed by atoms with Crippen LogP contribution in [0.3, 0.4) is 0 Å². The summed E-state index contributed by atoms with van der Waals surface area (Å²) in [7, 11) is 0. The zero-order valence-electron chi connectivity index (χ0n) is 11.0. The standard InChI is InChI=1S/C14H10Br4O3/c1-5-11(15)7(19)3-9(13(5)17)21-10-4-8(20)12(16)6(2)14(10)18/h3-4,19-20H,1-2H3. The van der Waals surface area contributed by atoms with Crippen molar-refractivity contribution >= 4 is 63.7 Å². The van der Waals surface area contributed by atoms with E-state index in [0.717, 1.165) is 20.1 Å². The van der Waals surface area contributed by atoms with Crippen LogP contribution in [0, 0.1) is 13.8 Å². The normalized spacial score (nSPS) is 10.8. The second kappa shape index (κ2) is 6.48. The third-order valence-corrected chi connectivity index (χ3v) is 6.93. The van der Waals surface area contributed by atoms with Crippen molar-refractivity contribution in [3.8, 4) is 23.0 Å². The second-order valence-electron chi connectivity index (χ2n) is 4.40. The van der Waals surface area contributed by atoms with Crippen molar-refractivity contribution < 1.29 is 14.9 Å². The number of hydrogen-bond acceptors (Lipinski definition) is 3. The van der Waals surface area contributed by atoms with E-state index in [0.29, 0.717) is 20.4 Å².